The summed E-state index contributed by atoms with van der Waals surface area (Å²) >= 11 is 0. The fourth-order valence-corrected chi connectivity index (χ4v) is 21.2. The summed E-state index contributed by atoms with van der Waals surface area (Å²) in [5, 5.41) is 71.9. The molecule has 4 bridgehead atoms. The molecular formula is C62H79NO9. The smallest absolute Gasteiger partial charge is 0.331 e. The van der Waals surface area contributed by atoms with E-state index < -0.39 is 69.0 Å². The van der Waals surface area contributed by atoms with Gasteiger partial charge in [-0.25, -0.2) is 4.79 Å². The summed E-state index contributed by atoms with van der Waals surface area (Å²) in [6.07, 6.45) is 15.2. The maximum absolute atomic E-state index is 15.3. The first-order valence-corrected chi connectivity index (χ1v) is 28.7. The number of carbonyl (C=O) groups excluding carboxylic acids is 2. The van der Waals surface area contributed by atoms with Crippen LogP contribution in [0.5, 0.6) is 0 Å². The van der Waals surface area contributed by atoms with Crippen molar-refractivity contribution in [2.45, 2.75) is 176 Å². The van der Waals surface area contributed by atoms with Crippen LogP contribution >= 0.6 is 0 Å². The second-order valence-electron chi connectivity index (χ2n) is 26.0. The normalized spacial score (nSPS) is 48.2. The van der Waals surface area contributed by atoms with E-state index in [9.17, 15) is 30.3 Å². The number of ether oxygens (including phenoxy) is 2. The summed E-state index contributed by atoms with van der Waals surface area (Å²) < 4.78 is 13.5. The maximum Gasteiger partial charge on any atom is 0.331 e. The van der Waals surface area contributed by atoms with Gasteiger partial charge in [0.25, 0.3) is 0 Å². The predicted molar refractivity (Wildman–Crippen MR) is 270 cm³/mol. The Morgan fingerprint density at radius 1 is 0.889 bits per heavy atom. The molecule has 6 N–H and O–H groups in total. The quantitative estimate of drug-likeness (QED) is 0.0671. The van der Waals surface area contributed by atoms with Gasteiger partial charge in [0.1, 0.15) is 23.6 Å². The van der Waals surface area contributed by atoms with Crippen LogP contribution in [0, 0.1) is 93.2 Å². The average Bonchev–Trinajstić information content (AvgIpc) is 4.17. The zero-order valence-electron chi connectivity index (χ0n) is 42.4. The topological polar surface area (TPSA) is 166 Å². The minimum atomic E-state index is -2.19. The van der Waals surface area contributed by atoms with E-state index in [-0.39, 0.29) is 54.9 Å². The van der Waals surface area contributed by atoms with Crippen molar-refractivity contribution in [3.63, 3.8) is 0 Å². The standard InChI is InChI=1S/C62H79NO9/c1-37(40-13-5-6-14-40)42-20-21-48-56-57(32-39(27-45(57)23-26-71-56)19-18-38-11-3-2-4-12-38)34-59(35-64)51-22-25-58-24-10-9-16-41-15-7-8-17-43(41)30-50(63-36-65)46-28-44(53(58)47-31-52(66)72-54(46)47)33-60(58,68)62(51,70)55(67)49(29-42)61(48,59)69/h2-4,7-8,11-12,15,17,31,35,37,39-40,42,44-46,48-51,53-56,63,65,67-70H,5-6,10,13-14,18-30,32-34,36H2,1H3. The molecule has 2 aromatic carbocycles. The van der Waals surface area contributed by atoms with Gasteiger partial charge in [-0.05, 0) is 161 Å². The van der Waals surface area contributed by atoms with Gasteiger partial charge in [-0.2, -0.15) is 0 Å². The molecule has 386 valence electrons. The summed E-state index contributed by atoms with van der Waals surface area (Å²) in [6, 6.07) is 18.5. The number of esters is 1. The van der Waals surface area contributed by atoms with E-state index in [1.807, 2.05) is 18.2 Å². The highest BCUT2D eigenvalue weighted by Gasteiger charge is 2.87. The molecule has 72 heavy (non-hydrogen) atoms. The molecular weight excluding hydrogens is 903 g/mol. The number of aliphatic hydroxyl groups excluding tert-OH is 2. The average molecular weight is 982 g/mol. The molecule has 1 saturated heterocycles. The minimum Gasteiger partial charge on any atom is -0.454 e. The first-order chi connectivity index (χ1) is 34.9. The van der Waals surface area contributed by atoms with Gasteiger partial charge in [-0.3, -0.25) is 5.32 Å². The Kier molecular flexibility index (Phi) is 11.8. The van der Waals surface area contributed by atoms with Crippen molar-refractivity contribution in [3.05, 3.63) is 82.9 Å². The highest BCUT2D eigenvalue weighted by atomic mass is 16.5. The van der Waals surface area contributed by atoms with Gasteiger partial charge in [0.05, 0.1) is 30.0 Å². The van der Waals surface area contributed by atoms with Crippen LogP contribution in [0.1, 0.15) is 139 Å². The molecule has 9 fully saturated rings. The second kappa shape index (κ2) is 17.6. The number of benzene rings is 2. The monoisotopic (exact) mass is 982 g/mol. The number of aldehydes is 1. The second-order valence-corrected chi connectivity index (χ2v) is 26.0. The Labute approximate surface area is 426 Å². The molecule has 0 amide bonds. The molecule has 2 heterocycles. The largest absolute Gasteiger partial charge is 0.454 e. The van der Waals surface area contributed by atoms with Crippen LogP contribution in [0.3, 0.4) is 0 Å². The first-order valence-electron chi connectivity index (χ1n) is 28.7. The van der Waals surface area contributed by atoms with Crippen LogP contribution in [0.15, 0.2) is 66.2 Å². The van der Waals surface area contributed by atoms with E-state index in [0.717, 1.165) is 61.5 Å². The molecule has 0 radical (unpaired) electrons. The Morgan fingerprint density at radius 3 is 2.50 bits per heavy atom. The van der Waals surface area contributed by atoms with Crippen LogP contribution in [0.25, 0.3) is 0 Å². The summed E-state index contributed by atoms with van der Waals surface area (Å²) in [4.78, 5) is 29.0. The Balaban J connectivity index is 0.971. The minimum absolute atomic E-state index is 0.145. The van der Waals surface area contributed by atoms with Gasteiger partial charge < -0.3 is 39.8 Å². The van der Waals surface area contributed by atoms with Gasteiger partial charge in [0.2, 0.25) is 0 Å². The van der Waals surface area contributed by atoms with E-state index in [4.69, 9.17) is 9.47 Å². The van der Waals surface area contributed by atoms with Gasteiger partial charge in [-0.1, -0.05) is 93.0 Å². The summed E-state index contributed by atoms with van der Waals surface area (Å²) in [7, 11) is 0. The number of fused-ring (bicyclic) bond motifs is 8. The molecule has 2 spiro atoms. The van der Waals surface area contributed by atoms with Crippen molar-refractivity contribution in [2.75, 3.05) is 13.3 Å². The Morgan fingerprint density at radius 2 is 1.69 bits per heavy atom. The molecule has 2 aromatic rings. The van der Waals surface area contributed by atoms with Crippen molar-refractivity contribution in [3.8, 4) is 11.8 Å². The summed E-state index contributed by atoms with van der Waals surface area (Å²) in [6.45, 7) is 2.72. The molecule has 9 aliphatic carbocycles. The van der Waals surface area contributed by atoms with E-state index in [2.05, 4.69) is 60.5 Å². The van der Waals surface area contributed by atoms with Crippen molar-refractivity contribution in [2.24, 2.45) is 81.3 Å². The summed E-state index contributed by atoms with van der Waals surface area (Å²) in [5.41, 5.74) is -4.62. The SMILES string of the molecule is CC(C1CCCC1)C1CCC2C3OCCC4CC(CCc5ccccc5)CC43CC3(C=O)C4CCC56CCC#Cc7ccccc7CC(NCO)C7CC(CC5(O)C4(O)C(O)C(C1)C23O)C6C1=CC(=O)OC17. The molecule has 10 heteroatoms. The fraction of sp³-hybridized carbons (Fsp3) is 0.710. The van der Waals surface area contributed by atoms with Crippen LogP contribution in [0.4, 0.5) is 0 Å². The predicted octanol–water partition coefficient (Wildman–Crippen LogP) is 7.64. The van der Waals surface area contributed by atoms with Crippen LogP contribution in [-0.2, 0) is 31.9 Å². The molecule has 2 aliphatic heterocycles. The van der Waals surface area contributed by atoms with Gasteiger partial charge in [-0.15, -0.1) is 0 Å². The molecule has 10 nitrogen and oxygen atoms in total. The zero-order valence-corrected chi connectivity index (χ0v) is 42.4. The number of aryl methyl sites for hydroxylation is 1. The highest BCUT2D eigenvalue weighted by Crippen LogP contribution is 2.80. The van der Waals surface area contributed by atoms with Gasteiger partial charge in [0.15, 0.2) is 0 Å². The number of hydrogen-bond acceptors (Lipinski definition) is 10. The molecule has 11 aliphatic rings. The fourth-order valence-electron chi connectivity index (χ4n) is 21.2. The molecule has 13 rings (SSSR count). The molecule has 0 aromatic heterocycles. The number of hydrogen-bond donors (Lipinski definition) is 6. The Hall–Kier alpha value is -3.40. The van der Waals surface area contributed by atoms with E-state index in [0.29, 0.717) is 82.1 Å². The van der Waals surface area contributed by atoms with E-state index >= 15 is 4.79 Å². The summed E-state index contributed by atoms with van der Waals surface area (Å²) in [5.74, 6) is 5.22. The number of nitrogens with one attached hydrogen (secondary N) is 1. The number of carbonyl (C=O) groups is 2. The number of aliphatic hydroxyl groups is 5. The highest BCUT2D eigenvalue weighted by molar-refractivity contribution is 5.86. The first kappa shape index (κ1) is 48.3. The third kappa shape index (κ3) is 6.52. The van der Waals surface area contributed by atoms with Crippen molar-refractivity contribution >= 4 is 12.3 Å². The zero-order chi connectivity index (χ0) is 49.4. The lowest BCUT2D eigenvalue weighted by atomic mass is 9.32. The lowest BCUT2D eigenvalue weighted by Crippen LogP contribution is -2.86. The van der Waals surface area contributed by atoms with Gasteiger partial charge in [0, 0.05) is 65.2 Å². The van der Waals surface area contributed by atoms with Crippen LogP contribution in [-0.4, -0.2) is 92.3 Å². The van der Waals surface area contributed by atoms with Crippen LogP contribution < -0.4 is 5.32 Å². The molecule has 20 unspecified atom stereocenters. The molecule has 8 saturated carbocycles. The van der Waals surface area contributed by atoms with Crippen LogP contribution in [0.2, 0.25) is 0 Å². The number of rotatable bonds is 8. The molecule has 20 atom stereocenters. The van der Waals surface area contributed by atoms with Crippen molar-refractivity contribution in [1.82, 2.24) is 5.32 Å². The van der Waals surface area contributed by atoms with E-state index in [1.165, 1.54) is 31.2 Å². The van der Waals surface area contributed by atoms with E-state index in [1.54, 1.807) is 6.08 Å². The lowest BCUT2D eigenvalue weighted by molar-refractivity contribution is -0.389. The Bertz CT molecular complexity index is 2530. The van der Waals surface area contributed by atoms with Crippen molar-refractivity contribution in [1.29, 1.82) is 0 Å². The van der Waals surface area contributed by atoms with Crippen molar-refractivity contribution < 1.29 is 44.6 Å². The van der Waals surface area contributed by atoms with Gasteiger partial charge >= 0.3 is 5.97 Å². The third-order valence-electron chi connectivity index (χ3n) is 23.9. The maximum atomic E-state index is 15.3. The lowest BCUT2D eigenvalue weighted by Gasteiger charge is -2.75. The third-order valence-corrected chi connectivity index (χ3v) is 23.9.